The van der Waals surface area contributed by atoms with Crippen LogP contribution in [-0.4, -0.2) is 24.5 Å². The SMILES string of the molecule is Cc1nc(-c2ccccc2NC(=O)c2ccc(CS(=O)(=O)c3ccccc3)o2)no1. The summed E-state index contributed by atoms with van der Waals surface area (Å²) in [7, 11) is -3.58. The number of para-hydroxylation sites is 1. The van der Waals surface area contributed by atoms with E-state index in [1.165, 1.54) is 24.3 Å². The van der Waals surface area contributed by atoms with Crippen LogP contribution < -0.4 is 5.32 Å². The van der Waals surface area contributed by atoms with Crippen LogP contribution in [0.15, 0.2) is 80.6 Å². The maximum absolute atomic E-state index is 12.6. The summed E-state index contributed by atoms with van der Waals surface area (Å²) in [4.78, 5) is 17.0. The average Bonchev–Trinajstić information content (AvgIpc) is 3.38. The van der Waals surface area contributed by atoms with Crippen molar-refractivity contribution in [2.24, 2.45) is 0 Å². The highest BCUT2D eigenvalue weighted by Crippen LogP contribution is 2.26. The highest BCUT2D eigenvalue weighted by Gasteiger charge is 2.20. The van der Waals surface area contributed by atoms with Crippen molar-refractivity contribution in [3.8, 4) is 11.4 Å². The largest absolute Gasteiger partial charge is 0.455 e. The number of hydrogen-bond donors (Lipinski definition) is 1. The summed E-state index contributed by atoms with van der Waals surface area (Å²) in [6.07, 6.45) is 0. The third-order valence-electron chi connectivity index (χ3n) is 4.26. The van der Waals surface area contributed by atoms with Crippen LogP contribution in [0.3, 0.4) is 0 Å². The van der Waals surface area contributed by atoms with Crippen LogP contribution in [0.4, 0.5) is 5.69 Å². The van der Waals surface area contributed by atoms with Crippen molar-refractivity contribution in [2.45, 2.75) is 17.6 Å². The number of nitrogens with one attached hydrogen (secondary N) is 1. The maximum Gasteiger partial charge on any atom is 0.291 e. The molecule has 0 fully saturated rings. The van der Waals surface area contributed by atoms with Gasteiger partial charge in [0.1, 0.15) is 11.5 Å². The first-order chi connectivity index (χ1) is 14.4. The van der Waals surface area contributed by atoms with Gasteiger partial charge in [-0.25, -0.2) is 8.42 Å². The Morgan fingerprint density at radius 1 is 1.00 bits per heavy atom. The van der Waals surface area contributed by atoms with Crippen LogP contribution in [0.1, 0.15) is 22.2 Å². The molecule has 2 aromatic carbocycles. The number of sulfone groups is 1. The summed E-state index contributed by atoms with van der Waals surface area (Å²) < 4.78 is 35.5. The first-order valence-corrected chi connectivity index (χ1v) is 10.7. The monoisotopic (exact) mass is 423 g/mol. The van der Waals surface area contributed by atoms with Crippen molar-refractivity contribution < 1.29 is 22.2 Å². The fraction of sp³-hybridized carbons (Fsp3) is 0.0952. The van der Waals surface area contributed by atoms with Gasteiger partial charge in [-0.2, -0.15) is 4.98 Å². The molecule has 8 nitrogen and oxygen atoms in total. The second-order valence-electron chi connectivity index (χ2n) is 6.47. The van der Waals surface area contributed by atoms with Gasteiger partial charge in [-0.05, 0) is 36.4 Å². The van der Waals surface area contributed by atoms with Crippen LogP contribution >= 0.6 is 0 Å². The van der Waals surface area contributed by atoms with E-state index in [1.54, 1.807) is 49.4 Å². The van der Waals surface area contributed by atoms with Crippen molar-refractivity contribution in [3.05, 3.63) is 84.1 Å². The number of furan rings is 1. The van der Waals surface area contributed by atoms with Crippen molar-refractivity contribution in [3.63, 3.8) is 0 Å². The summed E-state index contributed by atoms with van der Waals surface area (Å²) >= 11 is 0. The van der Waals surface area contributed by atoms with Gasteiger partial charge in [-0.1, -0.05) is 35.5 Å². The molecule has 0 bridgehead atoms. The molecule has 9 heteroatoms. The van der Waals surface area contributed by atoms with E-state index in [4.69, 9.17) is 8.94 Å². The van der Waals surface area contributed by atoms with Crippen molar-refractivity contribution in [2.75, 3.05) is 5.32 Å². The van der Waals surface area contributed by atoms with Gasteiger partial charge in [-0.15, -0.1) is 0 Å². The highest BCUT2D eigenvalue weighted by molar-refractivity contribution is 7.90. The molecule has 1 amide bonds. The number of carbonyl (C=O) groups excluding carboxylic acids is 1. The van der Waals surface area contributed by atoms with Crippen LogP contribution in [0, 0.1) is 6.92 Å². The standard InChI is InChI=1S/C21H17N3O5S/c1-14-22-20(24-29-14)17-9-5-6-10-18(17)23-21(25)19-12-11-15(28-19)13-30(26,27)16-7-3-2-4-8-16/h2-12H,13H2,1H3,(H,23,25). The zero-order chi connectivity index (χ0) is 21.1. The van der Waals surface area contributed by atoms with Gasteiger partial charge in [-0.3, -0.25) is 4.79 Å². The second kappa shape index (κ2) is 7.96. The number of hydrogen-bond acceptors (Lipinski definition) is 7. The quantitative estimate of drug-likeness (QED) is 0.500. The lowest BCUT2D eigenvalue weighted by atomic mass is 10.1. The molecule has 0 saturated carbocycles. The lowest BCUT2D eigenvalue weighted by Crippen LogP contribution is -2.12. The number of nitrogens with zero attached hydrogens (tertiary/aromatic N) is 2. The van der Waals surface area contributed by atoms with E-state index in [0.717, 1.165) is 0 Å². The molecular weight excluding hydrogens is 406 g/mol. The molecule has 0 radical (unpaired) electrons. The van der Waals surface area contributed by atoms with E-state index in [1.807, 2.05) is 0 Å². The number of aromatic nitrogens is 2. The molecule has 1 N–H and O–H groups in total. The zero-order valence-electron chi connectivity index (χ0n) is 15.9. The van der Waals surface area contributed by atoms with Gasteiger partial charge >= 0.3 is 0 Å². The van der Waals surface area contributed by atoms with Crippen LogP contribution in [0.5, 0.6) is 0 Å². The molecule has 0 atom stereocenters. The topological polar surface area (TPSA) is 115 Å². The Balaban J connectivity index is 1.52. The van der Waals surface area contributed by atoms with Gasteiger partial charge < -0.3 is 14.3 Å². The Hall–Kier alpha value is -3.72. The number of carbonyl (C=O) groups is 1. The summed E-state index contributed by atoms with van der Waals surface area (Å²) in [5, 5.41) is 6.61. The molecule has 0 spiro atoms. The predicted octanol–water partition coefficient (Wildman–Crippen LogP) is 3.86. The number of aryl methyl sites for hydroxylation is 1. The second-order valence-corrected chi connectivity index (χ2v) is 8.46. The normalized spacial score (nSPS) is 11.4. The van der Waals surface area contributed by atoms with Gasteiger partial charge in [0.25, 0.3) is 5.91 Å². The Labute approximate surface area is 172 Å². The summed E-state index contributed by atoms with van der Waals surface area (Å²) in [5.74, 6) is 0.0478. The molecule has 0 aliphatic carbocycles. The Bertz CT molecular complexity index is 1290. The maximum atomic E-state index is 12.6. The predicted molar refractivity (Wildman–Crippen MR) is 108 cm³/mol. The van der Waals surface area contributed by atoms with Gasteiger partial charge in [0.15, 0.2) is 15.6 Å². The lowest BCUT2D eigenvalue weighted by molar-refractivity contribution is 0.0995. The molecule has 4 rings (SSSR count). The summed E-state index contributed by atoms with van der Waals surface area (Å²) in [6.45, 7) is 1.67. The fourth-order valence-electron chi connectivity index (χ4n) is 2.86. The van der Waals surface area contributed by atoms with E-state index in [2.05, 4.69) is 15.5 Å². The van der Waals surface area contributed by atoms with E-state index in [9.17, 15) is 13.2 Å². The minimum atomic E-state index is -3.58. The first-order valence-electron chi connectivity index (χ1n) is 9.00. The smallest absolute Gasteiger partial charge is 0.291 e. The molecule has 0 aliphatic rings. The van der Waals surface area contributed by atoms with Crippen molar-refractivity contribution in [1.29, 1.82) is 0 Å². The molecular formula is C21H17N3O5S. The van der Waals surface area contributed by atoms with E-state index in [0.29, 0.717) is 23.0 Å². The van der Waals surface area contributed by atoms with Crippen molar-refractivity contribution >= 4 is 21.4 Å². The number of rotatable bonds is 6. The molecule has 4 aromatic rings. The van der Waals surface area contributed by atoms with E-state index >= 15 is 0 Å². The first kappa shape index (κ1) is 19.6. The van der Waals surface area contributed by atoms with Gasteiger partial charge in [0.05, 0.1) is 10.6 Å². The Morgan fingerprint density at radius 3 is 2.47 bits per heavy atom. The molecule has 0 unspecified atom stereocenters. The fourth-order valence-corrected chi connectivity index (χ4v) is 4.12. The Kier molecular flexibility index (Phi) is 5.20. The zero-order valence-corrected chi connectivity index (χ0v) is 16.7. The van der Waals surface area contributed by atoms with Crippen LogP contribution in [0.25, 0.3) is 11.4 Å². The third kappa shape index (κ3) is 4.15. The summed E-state index contributed by atoms with van der Waals surface area (Å²) in [6, 6.07) is 18.0. The van der Waals surface area contributed by atoms with Gasteiger partial charge in [0, 0.05) is 12.5 Å². The number of amides is 1. The summed E-state index contributed by atoms with van der Waals surface area (Å²) in [5.41, 5.74) is 1.05. The van der Waals surface area contributed by atoms with Crippen LogP contribution in [0.2, 0.25) is 0 Å². The molecule has 2 aromatic heterocycles. The molecule has 0 aliphatic heterocycles. The Morgan fingerprint density at radius 2 is 1.73 bits per heavy atom. The van der Waals surface area contributed by atoms with E-state index in [-0.39, 0.29) is 22.2 Å². The van der Waals surface area contributed by atoms with Crippen molar-refractivity contribution in [1.82, 2.24) is 10.1 Å². The minimum absolute atomic E-state index is 0.00708. The molecule has 152 valence electrons. The lowest BCUT2D eigenvalue weighted by Gasteiger charge is -2.07. The molecule has 2 heterocycles. The average molecular weight is 423 g/mol. The number of anilines is 1. The van der Waals surface area contributed by atoms with Gasteiger partial charge in [0.2, 0.25) is 11.7 Å². The van der Waals surface area contributed by atoms with E-state index < -0.39 is 15.7 Å². The molecule has 0 saturated heterocycles. The minimum Gasteiger partial charge on any atom is -0.455 e. The number of benzene rings is 2. The molecule has 30 heavy (non-hydrogen) atoms. The van der Waals surface area contributed by atoms with Crippen LogP contribution in [-0.2, 0) is 15.6 Å². The highest BCUT2D eigenvalue weighted by atomic mass is 32.2. The third-order valence-corrected chi connectivity index (χ3v) is 5.92.